The van der Waals surface area contributed by atoms with Crippen molar-refractivity contribution < 1.29 is 59.4 Å². The minimum absolute atomic E-state index is 0.0529. The number of methoxy groups -OCH3 is 1. The lowest BCUT2D eigenvalue weighted by molar-refractivity contribution is -0.219. The van der Waals surface area contributed by atoms with Gasteiger partial charge in [0.15, 0.2) is 0 Å². The maximum atomic E-state index is 14.2. The van der Waals surface area contributed by atoms with E-state index in [-0.39, 0.29) is 59.1 Å². The largest absolute Gasteiger partial charge is 0.480 e. The van der Waals surface area contributed by atoms with E-state index in [9.17, 15) is 45.1 Å². The van der Waals surface area contributed by atoms with Gasteiger partial charge in [-0.15, -0.1) is 0 Å². The zero-order valence-electron chi connectivity index (χ0n) is 30.6. The summed E-state index contributed by atoms with van der Waals surface area (Å²) in [7, 11) is 1.30. The molecule has 5 saturated carbocycles. The molecule has 8 rings (SSSR count). The van der Waals surface area contributed by atoms with Gasteiger partial charge in [0.25, 0.3) is 5.91 Å². The van der Waals surface area contributed by atoms with Crippen LogP contribution in [0.15, 0.2) is 47.3 Å². The number of nitrogens with zero attached hydrogens (tertiary/aromatic N) is 2. The van der Waals surface area contributed by atoms with Crippen molar-refractivity contribution in [2.75, 3.05) is 12.4 Å². The number of rotatable bonds is 10. The molecule has 306 valence electrons. The minimum atomic E-state index is -4.99. The van der Waals surface area contributed by atoms with Crippen LogP contribution in [0, 0.1) is 41.3 Å². The highest BCUT2D eigenvalue weighted by atomic mass is 19.4. The Bertz CT molecular complexity index is 2000. The fourth-order valence-electron chi connectivity index (χ4n) is 9.20. The number of fused-ring (bicyclic) bond motifs is 3. The predicted molar refractivity (Wildman–Crippen MR) is 187 cm³/mol. The van der Waals surface area contributed by atoms with Gasteiger partial charge in [-0.05, 0) is 93.9 Å². The van der Waals surface area contributed by atoms with Gasteiger partial charge in [0.05, 0.1) is 24.3 Å². The second-order valence-electron chi connectivity index (χ2n) is 15.9. The SMILES string of the molecule is COc1ncc(C2=NOC3CC(C(OC(=O)NC4CCC4)C(F)(F)F)CC23)cc1C(=O)N[C@@H]1C2CCC(/C2=C/C2CC2)[C@@H]1C(=O)Nc1ccc(F)c(C(F)(F)F)c1. The van der Waals surface area contributed by atoms with Crippen molar-refractivity contribution in [1.29, 1.82) is 0 Å². The standard InChI is InChI=1S/C39H40F7N5O6/c1-55-36-26(13-19(16-47-36)31-25-12-18(14-29(25)57-51-31)33(39(44,45)46)56-37(54)49-20-3-2-4-20)34(52)50-32-23-9-8-22(24(23)11-17-5-6-17)30(32)35(53)48-21-7-10-28(40)27(15-21)38(41,42)43/h7,10-11,13,15-18,20,22-23,25,29-30,32-33H,2-6,8-9,12,14H2,1H3,(H,48,53)(H,49,54)(H,50,52)/b24-11-/t18?,22?,23?,25?,29?,30-,32+,33?/m0/s1. The number of alkyl carbamates (subject to hydrolysis) is 1. The Labute approximate surface area is 322 Å². The number of nitrogens with one attached hydrogen (secondary N) is 3. The van der Waals surface area contributed by atoms with Crippen LogP contribution in [-0.4, -0.2) is 66.2 Å². The van der Waals surface area contributed by atoms with E-state index < -0.39 is 77.6 Å². The van der Waals surface area contributed by atoms with Crippen LogP contribution in [0.5, 0.6) is 5.88 Å². The van der Waals surface area contributed by atoms with E-state index in [0.717, 1.165) is 30.9 Å². The van der Waals surface area contributed by atoms with Crippen LogP contribution in [0.3, 0.4) is 0 Å². The first-order valence-corrected chi connectivity index (χ1v) is 19.1. The molecule has 1 aliphatic heterocycles. The summed E-state index contributed by atoms with van der Waals surface area (Å²) >= 11 is 0. The molecular formula is C39H40F7N5O6. The number of oxime groups is 1. The van der Waals surface area contributed by atoms with Gasteiger partial charge in [0.2, 0.25) is 17.9 Å². The van der Waals surface area contributed by atoms with Crippen molar-refractivity contribution in [3.8, 4) is 5.88 Å². The number of ether oxygens (including phenoxy) is 2. The number of carbonyl (C=O) groups excluding carboxylic acids is 3. The molecular weight excluding hydrogens is 767 g/mol. The predicted octanol–water partition coefficient (Wildman–Crippen LogP) is 7.32. The third kappa shape index (κ3) is 7.75. The van der Waals surface area contributed by atoms with Crippen LogP contribution >= 0.6 is 0 Å². The Hall–Kier alpha value is -4.90. The van der Waals surface area contributed by atoms with Crippen molar-refractivity contribution in [2.24, 2.45) is 40.7 Å². The van der Waals surface area contributed by atoms with Crippen molar-refractivity contribution in [1.82, 2.24) is 15.6 Å². The van der Waals surface area contributed by atoms with E-state index in [4.69, 9.17) is 14.3 Å². The molecule has 0 radical (unpaired) electrons. The molecule has 1 aromatic carbocycles. The van der Waals surface area contributed by atoms with Gasteiger partial charge in [0, 0.05) is 47.3 Å². The lowest BCUT2D eigenvalue weighted by Gasteiger charge is -2.30. The average Bonchev–Trinajstić information content (AvgIpc) is 3.40. The molecule has 2 bridgehead atoms. The summed E-state index contributed by atoms with van der Waals surface area (Å²) in [5, 5.41) is 12.1. The fraction of sp³-hybridized carbons (Fsp3) is 0.564. The number of amides is 3. The van der Waals surface area contributed by atoms with Crippen molar-refractivity contribution in [2.45, 2.75) is 94.4 Å². The van der Waals surface area contributed by atoms with Gasteiger partial charge in [-0.25, -0.2) is 14.2 Å². The molecule has 1 aromatic heterocycles. The Kier molecular flexibility index (Phi) is 10.1. The Morgan fingerprint density at radius 3 is 2.37 bits per heavy atom. The van der Waals surface area contributed by atoms with Crippen LogP contribution < -0.4 is 20.7 Å². The normalized spacial score (nSPS) is 29.2. The molecule has 5 fully saturated rings. The molecule has 11 nitrogen and oxygen atoms in total. The summed E-state index contributed by atoms with van der Waals surface area (Å²) in [6, 6.07) is 2.66. The lowest BCUT2D eigenvalue weighted by atomic mass is 9.83. The van der Waals surface area contributed by atoms with E-state index in [1.54, 1.807) is 0 Å². The first kappa shape index (κ1) is 38.9. The fourth-order valence-corrected chi connectivity index (χ4v) is 9.20. The molecule has 6 unspecified atom stereocenters. The summed E-state index contributed by atoms with van der Waals surface area (Å²) in [5.41, 5.74) is -0.264. The van der Waals surface area contributed by atoms with Crippen LogP contribution in [0.2, 0.25) is 0 Å². The molecule has 6 aliphatic rings. The molecule has 0 saturated heterocycles. The number of pyridine rings is 1. The number of aromatic nitrogens is 1. The molecule has 3 amide bonds. The van der Waals surface area contributed by atoms with Crippen LogP contribution in [0.25, 0.3) is 0 Å². The monoisotopic (exact) mass is 807 g/mol. The third-order valence-electron chi connectivity index (χ3n) is 12.3. The molecule has 0 spiro atoms. The summed E-state index contributed by atoms with van der Waals surface area (Å²) in [5.74, 6) is -5.69. The number of hydrogen-bond acceptors (Lipinski definition) is 8. The van der Waals surface area contributed by atoms with Crippen molar-refractivity contribution in [3.05, 3.63) is 64.6 Å². The molecule has 5 aliphatic carbocycles. The van der Waals surface area contributed by atoms with Gasteiger partial charge in [-0.2, -0.15) is 26.3 Å². The number of allylic oxidation sites excluding steroid dienone is 1. The maximum absolute atomic E-state index is 14.2. The van der Waals surface area contributed by atoms with Gasteiger partial charge >= 0.3 is 18.4 Å². The van der Waals surface area contributed by atoms with E-state index in [0.29, 0.717) is 43.7 Å². The molecule has 57 heavy (non-hydrogen) atoms. The molecule has 2 aromatic rings. The topological polar surface area (TPSA) is 140 Å². The van der Waals surface area contributed by atoms with Gasteiger partial charge in [0.1, 0.15) is 17.5 Å². The first-order valence-electron chi connectivity index (χ1n) is 19.1. The summed E-state index contributed by atoms with van der Waals surface area (Å²) in [4.78, 5) is 50.3. The number of alkyl halides is 6. The van der Waals surface area contributed by atoms with E-state index in [1.807, 2.05) is 0 Å². The Morgan fingerprint density at radius 2 is 1.70 bits per heavy atom. The second-order valence-corrected chi connectivity index (χ2v) is 15.9. The number of halogens is 7. The van der Waals surface area contributed by atoms with Gasteiger partial charge in [-0.3, -0.25) is 9.59 Å². The van der Waals surface area contributed by atoms with E-state index >= 15 is 0 Å². The van der Waals surface area contributed by atoms with Gasteiger partial charge < -0.3 is 30.3 Å². The van der Waals surface area contributed by atoms with E-state index in [1.165, 1.54) is 19.4 Å². The van der Waals surface area contributed by atoms with Crippen molar-refractivity contribution >= 4 is 29.3 Å². The lowest BCUT2D eigenvalue weighted by Crippen LogP contribution is -2.48. The number of benzene rings is 1. The van der Waals surface area contributed by atoms with Crippen LogP contribution in [-0.2, 0) is 20.5 Å². The molecule has 3 N–H and O–H groups in total. The maximum Gasteiger partial charge on any atom is 0.425 e. The van der Waals surface area contributed by atoms with E-state index in [2.05, 4.69) is 32.2 Å². The highest BCUT2D eigenvalue weighted by Crippen LogP contribution is 2.55. The second kappa shape index (κ2) is 14.8. The molecule has 18 heteroatoms. The minimum Gasteiger partial charge on any atom is -0.480 e. The molecule has 2 heterocycles. The summed E-state index contributed by atoms with van der Waals surface area (Å²) in [6.07, 6.45) is -5.26. The first-order chi connectivity index (χ1) is 27.1. The number of anilines is 1. The van der Waals surface area contributed by atoms with Gasteiger partial charge in [-0.1, -0.05) is 16.8 Å². The average molecular weight is 808 g/mol. The number of carbonyl (C=O) groups is 3. The zero-order chi connectivity index (χ0) is 40.4. The van der Waals surface area contributed by atoms with Crippen LogP contribution in [0.1, 0.15) is 79.3 Å². The zero-order valence-corrected chi connectivity index (χ0v) is 30.6. The van der Waals surface area contributed by atoms with Crippen LogP contribution in [0.4, 0.5) is 41.2 Å². The number of hydrogen-bond donors (Lipinski definition) is 3. The van der Waals surface area contributed by atoms with Crippen molar-refractivity contribution in [3.63, 3.8) is 0 Å². The Balaban J connectivity index is 1.01. The summed E-state index contributed by atoms with van der Waals surface area (Å²) < 4.78 is 107. The smallest absolute Gasteiger partial charge is 0.425 e. The molecule has 8 atom stereocenters. The third-order valence-corrected chi connectivity index (χ3v) is 12.3. The summed E-state index contributed by atoms with van der Waals surface area (Å²) in [6.45, 7) is 0. The Morgan fingerprint density at radius 1 is 0.947 bits per heavy atom. The quantitative estimate of drug-likeness (QED) is 0.169. The highest BCUT2D eigenvalue weighted by molar-refractivity contribution is 6.06. The highest BCUT2D eigenvalue weighted by Gasteiger charge is 2.57.